The van der Waals surface area contributed by atoms with Gasteiger partial charge in [-0.15, -0.1) is 10.2 Å². The van der Waals surface area contributed by atoms with Crippen LogP contribution in [0.2, 0.25) is 0 Å². The molecule has 0 atom stereocenters. The fourth-order valence-corrected chi connectivity index (χ4v) is 2.41. The molecule has 0 aliphatic carbocycles. The molecule has 1 aliphatic heterocycles. The Morgan fingerprint density at radius 3 is 2.95 bits per heavy atom. The minimum atomic E-state index is -0.181. The van der Waals surface area contributed by atoms with Gasteiger partial charge < -0.3 is 9.88 Å². The molecule has 0 radical (unpaired) electrons. The van der Waals surface area contributed by atoms with E-state index in [1.807, 2.05) is 0 Å². The fraction of sp³-hybridized carbons (Fsp3) is 0.250. The summed E-state index contributed by atoms with van der Waals surface area (Å²) in [5, 5.41) is 19.7. The predicted octanol–water partition coefficient (Wildman–Crippen LogP) is 1.43. The Morgan fingerprint density at radius 2 is 2.18 bits per heavy atom. The van der Waals surface area contributed by atoms with Crippen molar-refractivity contribution in [1.82, 2.24) is 20.1 Å². The van der Waals surface area contributed by atoms with Gasteiger partial charge >= 0.3 is 0 Å². The summed E-state index contributed by atoms with van der Waals surface area (Å²) in [5.74, 6) is 1.62. The number of hydrogen-bond acceptors (Lipinski definition) is 4. The fourth-order valence-electron chi connectivity index (χ4n) is 2.41. The number of nitrogens with zero attached hydrogens (tertiary/aromatic N) is 4. The minimum Gasteiger partial charge on any atom is -0.345 e. The first-order valence-electron chi connectivity index (χ1n) is 7.13. The summed E-state index contributed by atoms with van der Waals surface area (Å²) in [4.78, 5) is 11.8. The number of carbonyl (C=O) groups is 1. The molecule has 6 heteroatoms. The van der Waals surface area contributed by atoms with Gasteiger partial charge in [-0.25, -0.2) is 0 Å². The molecule has 1 amide bonds. The summed E-state index contributed by atoms with van der Waals surface area (Å²) in [6.07, 6.45) is 5.23. The zero-order chi connectivity index (χ0) is 15.4. The van der Waals surface area contributed by atoms with Gasteiger partial charge in [-0.3, -0.25) is 4.79 Å². The van der Waals surface area contributed by atoms with Crippen LogP contribution in [0.25, 0.3) is 6.08 Å². The number of fused-ring (bicyclic) bond motifs is 1. The Bertz CT molecular complexity index is 752. The Kier molecular flexibility index (Phi) is 3.97. The maximum atomic E-state index is 11.8. The second kappa shape index (κ2) is 6.22. The minimum absolute atomic E-state index is 0.181. The molecule has 110 valence electrons. The van der Waals surface area contributed by atoms with Crippen LogP contribution in [0.15, 0.2) is 30.3 Å². The topological polar surface area (TPSA) is 83.6 Å². The molecule has 0 fully saturated rings. The molecule has 0 unspecified atom stereocenters. The summed E-state index contributed by atoms with van der Waals surface area (Å²) in [6.45, 7) is 1.30. The first-order valence-corrected chi connectivity index (χ1v) is 7.13. The van der Waals surface area contributed by atoms with Crippen LogP contribution < -0.4 is 5.32 Å². The highest BCUT2D eigenvalue weighted by atomic mass is 16.1. The van der Waals surface area contributed by atoms with Gasteiger partial charge in [0, 0.05) is 19.0 Å². The summed E-state index contributed by atoms with van der Waals surface area (Å²) in [7, 11) is 0. The highest BCUT2D eigenvalue weighted by Gasteiger charge is 2.16. The standard InChI is InChI=1S/C16H15N5O/c17-10-13-5-3-12(4-6-13)7-8-16(22)18-11-15-20-19-14-2-1-9-21(14)15/h3-8H,1-2,9,11H2,(H,18,22). The van der Waals surface area contributed by atoms with Crippen LogP contribution in [-0.4, -0.2) is 20.7 Å². The van der Waals surface area contributed by atoms with Gasteiger partial charge in [-0.1, -0.05) is 12.1 Å². The maximum absolute atomic E-state index is 11.8. The number of nitriles is 1. The van der Waals surface area contributed by atoms with Crippen LogP contribution >= 0.6 is 0 Å². The van der Waals surface area contributed by atoms with Crippen molar-refractivity contribution >= 4 is 12.0 Å². The van der Waals surface area contributed by atoms with Crippen molar-refractivity contribution < 1.29 is 4.79 Å². The lowest BCUT2D eigenvalue weighted by Gasteiger charge is -2.03. The van der Waals surface area contributed by atoms with Gasteiger partial charge in [-0.2, -0.15) is 5.26 Å². The van der Waals surface area contributed by atoms with Crippen molar-refractivity contribution in [2.24, 2.45) is 0 Å². The van der Waals surface area contributed by atoms with Crippen LogP contribution in [0.1, 0.15) is 29.2 Å². The highest BCUT2D eigenvalue weighted by Crippen LogP contribution is 2.13. The molecule has 0 bridgehead atoms. The van der Waals surface area contributed by atoms with Crippen molar-refractivity contribution in [2.75, 3.05) is 0 Å². The molecule has 22 heavy (non-hydrogen) atoms. The monoisotopic (exact) mass is 293 g/mol. The van der Waals surface area contributed by atoms with Gasteiger partial charge in [0.05, 0.1) is 18.2 Å². The molecular formula is C16H15N5O. The summed E-state index contributed by atoms with van der Waals surface area (Å²) in [5.41, 5.74) is 1.47. The number of amides is 1. The molecule has 1 N–H and O–H groups in total. The van der Waals surface area contributed by atoms with Gasteiger partial charge in [0.2, 0.25) is 5.91 Å². The summed E-state index contributed by atoms with van der Waals surface area (Å²) in [6, 6.07) is 9.09. The Morgan fingerprint density at radius 1 is 1.36 bits per heavy atom. The van der Waals surface area contributed by atoms with Crippen molar-refractivity contribution in [2.45, 2.75) is 25.9 Å². The number of nitrogens with one attached hydrogen (secondary N) is 1. The number of carbonyl (C=O) groups excluding carboxylic acids is 1. The molecule has 0 saturated heterocycles. The SMILES string of the molecule is N#Cc1ccc(C=CC(=O)NCc2nnc3n2CCC3)cc1. The van der Waals surface area contributed by atoms with Gasteiger partial charge in [0.25, 0.3) is 0 Å². The molecule has 0 spiro atoms. The number of hydrogen-bond donors (Lipinski definition) is 1. The summed E-state index contributed by atoms with van der Waals surface area (Å²) >= 11 is 0. The van der Waals surface area contributed by atoms with Crippen LogP contribution in [0.3, 0.4) is 0 Å². The van der Waals surface area contributed by atoms with E-state index in [0.717, 1.165) is 36.6 Å². The second-order valence-corrected chi connectivity index (χ2v) is 5.07. The van der Waals surface area contributed by atoms with Gasteiger partial charge in [0.1, 0.15) is 5.82 Å². The summed E-state index contributed by atoms with van der Waals surface area (Å²) < 4.78 is 2.06. The Hall–Kier alpha value is -2.94. The van der Waals surface area contributed by atoms with Crippen molar-refractivity contribution in [3.05, 3.63) is 53.1 Å². The predicted molar refractivity (Wildman–Crippen MR) is 80.4 cm³/mol. The van der Waals surface area contributed by atoms with Crippen LogP contribution in [0.4, 0.5) is 0 Å². The van der Waals surface area contributed by atoms with E-state index in [-0.39, 0.29) is 5.91 Å². The molecule has 1 aromatic carbocycles. The van der Waals surface area contributed by atoms with E-state index in [4.69, 9.17) is 5.26 Å². The number of aryl methyl sites for hydroxylation is 1. The third kappa shape index (κ3) is 3.04. The Labute approximate surface area is 128 Å². The molecule has 3 rings (SSSR count). The molecule has 6 nitrogen and oxygen atoms in total. The van der Waals surface area contributed by atoms with Gasteiger partial charge in [0.15, 0.2) is 5.82 Å². The lowest BCUT2D eigenvalue weighted by molar-refractivity contribution is -0.116. The maximum Gasteiger partial charge on any atom is 0.244 e. The van der Waals surface area contributed by atoms with Crippen molar-refractivity contribution in [3.8, 4) is 6.07 Å². The van der Waals surface area contributed by atoms with E-state index in [1.54, 1.807) is 30.3 Å². The zero-order valence-corrected chi connectivity index (χ0v) is 12.0. The van der Waals surface area contributed by atoms with Gasteiger partial charge in [-0.05, 0) is 30.2 Å². The molecule has 1 aliphatic rings. The van der Waals surface area contributed by atoms with E-state index in [9.17, 15) is 4.79 Å². The van der Waals surface area contributed by atoms with Crippen LogP contribution in [0.5, 0.6) is 0 Å². The van der Waals surface area contributed by atoms with E-state index in [1.165, 1.54) is 6.08 Å². The average molecular weight is 293 g/mol. The first-order chi connectivity index (χ1) is 10.8. The van der Waals surface area contributed by atoms with E-state index in [2.05, 4.69) is 26.2 Å². The average Bonchev–Trinajstić information content (AvgIpc) is 3.15. The quantitative estimate of drug-likeness (QED) is 0.864. The molecule has 2 heterocycles. The smallest absolute Gasteiger partial charge is 0.244 e. The normalized spacial score (nSPS) is 13.0. The van der Waals surface area contributed by atoms with E-state index in [0.29, 0.717) is 12.1 Å². The van der Waals surface area contributed by atoms with Crippen molar-refractivity contribution in [1.29, 1.82) is 5.26 Å². The lowest BCUT2D eigenvalue weighted by Crippen LogP contribution is -2.22. The zero-order valence-electron chi connectivity index (χ0n) is 12.0. The molecular weight excluding hydrogens is 278 g/mol. The number of rotatable bonds is 4. The van der Waals surface area contributed by atoms with E-state index >= 15 is 0 Å². The van der Waals surface area contributed by atoms with Crippen LogP contribution in [0, 0.1) is 11.3 Å². The molecule has 2 aromatic rings. The highest BCUT2D eigenvalue weighted by molar-refractivity contribution is 5.91. The third-order valence-electron chi connectivity index (χ3n) is 3.57. The molecule has 0 saturated carbocycles. The first kappa shape index (κ1) is 14.0. The van der Waals surface area contributed by atoms with Crippen molar-refractivity contribution in [3.63, 3.8) is 0 Å². The van der Waals surface area contributed by atoms with Crippen LogP contribution in [-0.2, 0) is 24.3 Å². The molecule has 1 aromatic heterocycles. The third-order valence-corrected chi connectivity index (χ3v) is 3.57. The largest absolute Gasteiger partial charge is 0.345 e. The Balaban J connectivity index is 1.55. The second-order valence-electron chi connectivity index (χ2n) is 5.07. The lowest BCUT2D eigenvalue weighted by atomic mass is 10.1. The number of benzene rings is 1. The van der Waals surface area contributed by atoms with E-state index < -0.39 is 0 Å². The number of aromatic nitrogens is 3.